The van der Waals surface area contributed by atoms with E-state index in [-0.39, 0.29) is 5.41 Å². The maximum atomic E-state index is 12.5. The molecule has 0 spiro atoms. The fraction of sp³-hybridized carbons (Fsp3) is 0.600. The number of nitrogens with two attached hydrogens (primary N) is 1. The van der Waals surface area contributed by atoms with Crippen LogP contribution in [0, 0.1) is 11.3 Å². The van der Waals surface area contributed by atoms with E-state index < -0.39 is 0 Å². The van der Waals surface area contributed by atoms with Gasteiger partial charge >= 0.3 is 0 Å². The molecule has 0 aliphatic heterocycles. The molecule has 1 aromatic rings. The lowest BCUT2D eigenvalue weighted by Gasteiger charge is -2.37. The van der Waals surface area contributed by atoms with Crippen molar-refractivity contribution < 1.29 is 4.79 Å². The van der Waals surface area contributed by atoms with E-state index in [9.17, 15) is 4.79 Å². The summed E-state index contributed by atoms with van der Waals surface area (Å²) in [6, 6.07) is 3.82. The maximum absolute atomic E-state index is 12.5. The molecule has 1 aliphatic carbocycles. The summed E-state index contributed by atoms with van der Waals surface area (Å²) in [4.78, 5) is 16.5. The molecular formula is C15H22N2O. The molecule has 0 saturated heterocycles. The van der Waals surface area contributed by atoms with Crippen LogP contribution < -0.4 is 5.73 Å². The monoisotopic (exact) mass is 246 g/mol. The molecule has 0 amide bonds. The summed E-state index contributed by atoms with van der Waals surface area (Å²) in [7, 11) is 0. The maximum Gasteiger partial charge on any atom is 0.144 e. The fourth-order valence-corrected chi connectivity index (χ4v) is 2.79. The number of pyridine rings is 1. The Morgan fingerprint density at radius 3 is 2.56 bits per heavy atom. The minimum atomic E-state index is -0.268. The Hall–Kier alpha value is -1.22. The highest BCUT2D eigenvalue weighted by atomic mass is 16.1. The Kier molecular flexibility index (Phi) is 4.12. The van der Waals surface area contributed by atoms with E-state index in [0.29, 0.717) is 18.7 Å². The third-order valence-corrected chi connectivity index (χ3v) is 4.33. The molecule has 0 aromatic carbocycles. The van der Waals surface area contributed by atoms with Gasteiger partial charge in [0.2, 0.25) is 0 Å². The van der Waals surface area contributed by atoms with Crippen LogP contribution in [-0.4, -0.2) is 17.3 Å². The van der Waals surface area contributed by atoms with Gasteiger partial charge in [-0.2, -0.15) is 0 Å². The average molecular weight is 246 g/mol. The number of ketones is 1. The van der Waals surface area contributed by atoms with Crippen LogP contribution in [-0.2, 0) is 11.2 Å². The van der Waals surface area contributed by atoms with E-state index in [0.717, 1.165) is 37.2 Å². The van der Waals surface area contributed by atoms with Gasteiger partial charge in [-0.05, 0) is 49.3 Å². The van der Waals surface area contributed by atoms with Crippen LogP contribution in [0.2, 0.25) is 0 Å². The number of nitrogens with zero attached hydrogens (tertiary/aromatic N) is 1. The Balaban J connectivity index is 2.06. The molecule has 3 heteroatoms. The van der Waals surface area contributed by atoms with Gasteiger partial charge in [-0.25, -0.2) is 0 Å². The summed E-state index contributed by atoms with van der Waals surface area (Å²) in [6.07, 6.45) is 8.12. The molecule has 1 aliphatic rings. The van der Waals surface area contributed by atoms with Crippen molar-refractivity contribution in [2.75, 3.05) is 6.54 Å². The van der Waals surface area contributed by atoms with E-state index in [4.69, 9.17) is 5.73 Å². The van der Waals surface area contributed by atoms with Crippen LogP contribution in [0.4, 0.5) is 0 Å². The second-order valence-corrected chi connectivity index (χ2v) is 5.62. The highest BCUT2D eigenvalue weighted by Crippen LogP contribution is 2.39. The largest absolute Gasteiger partial charge is 0.329 e. The molecule has 0 atom stereocenters. The second kappa shape index (κ2) is 5.61. The van der Waals surface area contributed by atoms with Crippen LogP contribution in [0.15, 0.2) is 24.5 Å². The topological polar surface area (TPSA) is 56.0 Å². The van der Waals surface area contributed by atoms with Gasteiger partial charge in [0.05, 0.1) is 0 Å². The molecule has 3 nitrogen and oxygen atoms in total. The third kappa shape index (κ3) is 2.78. The van der Waals surface area contributed by atoms with Crippen LogP contribution in [0.1, 0.15) is 38.2 Å². The van der Waals surface area contributed by atoms with Crippen molar-refractivity contribution in [2.45, 2.75) is 39.0 Å². The Bertz CT molecular complexity index is 394. The Labute approximate surface area is 109 Å². The first kappa shape index (κ1) is 13.2. The van der Waals surface area contributed by atoms with Crippen molar-refractivity contribution in [1.29, 1.82) is 0 Å². The molecule has 98 valence electrons. The summed E-state index contributed by atoms with van der Waals surface area (Å²) < 4.78 is 0. The predicted octanol–water partition coefficient (Wildman–Crippen LogP) is 2.35. The number of aromatic nitrogens is 1. The SMILES string of the molecule is CC1CCC(CN)(C(=O)Cc2ccncc2)CC1. The van der Waals surface area contributed by atoms with Gasteiger partial charge in [0.25, 0.3) is 0 Å². The number of carbonyl (C=O) groups is 1. The Morgan fingerprint density at radius 2 is 2.00 bits per heavy atom. The average Bonchev–Trinajstić information content (AvgIpc) is 2.41. The van der Waals surface area contributed by atoms with Crippen LogP contribution in [0.3, 0.4) is 0 Å². The number of Topliss-reactive ketones (excluding diaryl/α,β-unsaturated/α-hetero) is 1. The molecule has 0 unspecified atom stereocenters. The Morgan fingerprint density at radius 1 is 1.39 bits per heavy atom. The van der Waals surface area contributed by atoms with Gasteiger partial charge in [-0.3, -0.25) is 9.78 Å². The molecule has 1 heterocycles. The number of hydrogen-bond acceptors (Lipinski definition) is 3. The highest BCUT2D eigenvalue weighted by Gasteiger charge is 2.39. The van der Waals surface area contributed by atoms with Crippen molar-refractivity contribution in [3.63, 3.8) is 0 Å². The van der Waals surface area contributed by atoms with Crippen molar-refractivity contribution >= 4 is 5.78 Å². The molecule has 1 aromatic heterocycles. The summed E-state index contributed by atoms with van der Waals surface area (Å²) in [6.45, 7) is 2.75. The van der Waals surface area contributed by atoms with Crippen molar-refractivity contribution in [3.05, 3.63) is 30.1 Å². The molecule has 1 saturated carbocycles. The van der Waals surface area contributed by atoms with E-state index in [1.165, 1.54) is 0 Å². The lowest BCUT2D eigenvalue weighted by Crippen LogP contribution is -2.42. The van der Waals surface area contributed by atoms with Gasteiger partial charge in [-0.15, -0.1) is 0 Å². The highest BCUT2D eigenvalue weighted by molar-refractivity contribution is 5.87. The van der Waals surface area contributed by atoms with Crippen molar-refractivity contribution in [1.82, 2.24) is 4.98 Å². The molecule has 1 fully saturated rings. The van der Waals surface area contributed by atoms with Gasteiger partial charge in [-0.1, -0.05) is 6.92 Å². The lowest BCUT2D eigenvalue weighted by molar-refractivity contribution is -0.129. The predicted molar refractivity (Wildman–Crippen MR) is 72.1 cm³/mol. The normalized spacial score (nSPS) is 28.0. The van der Waals surface area contributed by atoms with E-state index in [1.54, 1.807) is 12.4 Å². The van der Waals surface area contributed by atoms with Crippen molar-refractivity contribution in [3.8, 4) is 0 Å². The van der Waals surface area contributed by atoms with Crippen molar-refractivity contribution in [2.24, 2.45) is 17.1 Å². The fourth-order valence-electron chi connectivity index (χ4n) is 2.79. The first-order valence-corrected chi connectivity index (χ1v) is 6.78. The van der Waals surface area contributed by atoms with Crippen LogP contribution in [0.5, 0.6) is 0 Å². The number of hydrogen-bond donors (Lipinski definition) is 1. The molecule has 0 radical (unpaired) electrons. The quantitative estimate of drug-likeness (QED) is 0.887. The molecule has 18 heavy (non-hydrogen) atoms. The first-order valence-electron chi connectivity index (χ1n) is 6.78. The van der Waals surface area contributed by atoms with Crippen LogP contribution >= 0.6 is 0 Å². The summed E-state index contributed by atoms with van der Waals surface area (Å²) >= 11 is 0. The van der Waals surface area contributed by atoms with Gasteiger partial charge < -0.3 is 5.73 Å². The zero-order valence-corrected chi connectivity index (χ0v) is 11.1. The lowest BCUT2D eigenvalue weighted by atomic mass is 9.67. The zero-order valence-electron chi connectivity index (χ0n) is 11.1. The molecule has 2 rings (SSSR count). The summed E-state index contributed by atoms with van der Waals surface area (Å²) in [5, 5.41) is 0. The number of rotatable bonds is 4. The smallest absolute Gasteiger partial charge is 0.144 e. The minimum Gasteiger partial charge on any atom is -0.329 e. The van der Waals surface area contributed by atoms with Gasteiger partial charge in [0, 0.05) is 30.8 Å². The van der Waals surface area contributed by atoms with Gasteiger partial charge in [0.15, 0.2) is 0 Å². The minimum absolute atomic E-state index is 0.268. The zero-order chi connectivity index (χ0) is 13.0. The second-order valence-electron chi connectivity index (χ2n) is 5.62. The standard InChI is InChI=1S/C15H22N2O/c1-12-2-6-15(11-16,7-3-12)14(18)10-13-4-8-17-9-5-13/h4-5,8-9,12H,2-3,6-7,10-11,16H2,1H3. The molecule has 2 N–H and O–H groups in total. The van der Waals surface area contributed by atoms with Crippen LogP contribution in [0.25, 0.3) is 0 Å². The summed E-state index contributed by atoms with van der Waals surface area (Å²) in [5.74, 6) is 1.04. The summed E-state index contributed by atoms with van der Waals surface area (Å²) in [5.41, 5.74) is 6.68. The molecular weight excluding hydrogens is 224 g/mol. The third-order valence-electron chi connectivity index (χ3n) is 4.33. The van der Waals surface area contributed by atoms with E-state index >= 15 is 0 Å². The van der Waals surface area contributed by atoms with E-state index in [2.05, 4.69) is 11.9 Å². The van der Waals surface area contributed by atoms with Gasteiger partial charge in [0.1, 0.15) is 5.78 Å². The number of carbonyl (C=O) groups excluding carboxylic acids is 1. The first-order chi connectivity index (χ1) is 8.66. The van der Waals surface area contributed by atoms with E-state index in [1.807, 2.05) is 12.1 Å². The molecule has 0 bridgehead atoms.